The lowest BCUT2D eigenvalue weighted by molar-refractivity contribution is 0.179. The van der Waals surface area contributed by atoms with E-state index in [4.69, 9.17) is 17.0 Å². The molecular weight excluding hydrogens is 236 g/mol. The van der Waals surface area contributed by atoms with Gasteiger partial charge >= 0.3 is 0 Å². The Morgan fingerprint density at radius 1 is 1.59 bits per heavy atom. The van der Waals surface area contributed by atoms with Crippen LogP contribution in [0.5, 0.6) is 0 Å². The van der Waals surface area contributed by atoms with Crippen LogP contribution in [0, 0.1) is 0 Å². The van der Waals surface area contributed by atoms with Gasteiger partial charge in [0.2, 0.25) is 0 Å². The van der Waals surface area contributed by atoms with Gasteiger partial charge in [-0.1, -0.05) is 0 Å². The fraction of sp³-hybridized carbons (Fsp3) is 0.636. The highest BCUT2D eigenvalue weighted by molar-refractivity contribution is 7.80. The molecular formula is C11H20N4OS. The zero-order valence-electron chi connectivity index (χ0n) is 10.3. The molecule has 17 heavy (non-hydrogen) atoms. The Morgan fingerprint density at radius 2 is 2.41 bits per heavy atom. The zero-order chi connectivity index (χ0) is 12.5. The maximum Gasteiger partial charge on any atom is 0.166 e. The molecule has 0 bridgehead atoms. The van der Waals surface area contributed by atoms with Gasteiger partial charge in [-0.05, 0) is 25.6 Å². The second-order valence-electron chi connectivity index (χ2n) is 3.91. The van der Waals surface area contributed by atoms with Gasteiger partial charge < -0.3 is 19.9 Å². The van der Waals surface area contributed by atoms with E-state index in [1.54, 1.807) is 13.3 Å². The third-order valence-electron chi connectivity index (χ3n) is 2.23. The van der Waals surface area contributed by atoms with Crippen molar-refractivity contribution in [3.8, 4) is 0 Å². The smallest absolute Gasteiger partial charge is 0.166 e. The molecule has 0 fully saturated rings. The van der Waals surface area contributed by atoms with Crippen LogP contribution in [0.3, 0.4) is 0 Å². The molecule has 0 aromatic carbocycles. The van der Waals surface area contributed by atoms with Crippen LogP contribution in [-0.4, -0.2) is 41.0 Å². The molecule has 0 saturated heterocycles. The first-order valence-electron chi connectivity index (χ1n) is 5.71. The highest BCUT2D eigenvalue weighted by atomic mass is 32.1. The summed E-state index contributed by atoms with van der Waals surface area (Å²) in [5, 5.41) is 7.00. The SMILES string of the molecule is COC[C@H](C)NC(=S)NCCCn1ccnc1. The van der Waals surface area contributed by atoms with Gasteiger partial charge in [0.15, 0.2) is 5.11 Å². The fourth-order valence-electron chi connectivity index (χ4n) is 1.45. The number of hydrogen-bond acceptors (Lipinski definition) is 3. The normalized spacial score (nSPS) is 12.1. The first-order valence-corrected chi connectivity index (χ1v) is 6.12. The minimum absolute atomic E-state index is 0.230. The summed E-state index contributed by atoms with van der Waals surface area (Å²) in [7, 11) is 1.68. The molecule has 1 heterocycles. The summed E-state index contributed by atoms with van der Waals surface area (Å²) in [5.74, 6) is 0. The molecule has 0 saturated carbocycles. The first-order chi connectivity index (χ1) is 8.22. The predicted octanol–water partition coefficient (Wildman–Crippen LogP) is 0.772. The Balaban J connectivity index is 2.04. The quantitative estimate of drug-likeness (QED) is 0.557. The van der Waals surface area contributed by atoms with E-state index in [9.17, 15) is 0 Å². The van der Waals surface area contributed by atoms with Crippen molar-refractivity contribution in [1.82, 2.24) is 20.2 Å². The lowest BCUT2D eigenvalue weighted by Crippen LogP contribution is -2.42. The summed E-state index contributed by atoms with van der Waals surface area (Å²) in [5.41, 5.74) is 0. The second-order valence-corrected chi connectivity index (χ2v) is 4.32. The van der Waals surface area contributed by atoms with Gasteiger partial charge in [0.25, 0.3) is 0 Å². The van der Waals surface area contributed by atoms with Gasteiger partial charge in [0.05, 0.1) is 12.9 Å². The van der Waals surface area contributed by atoms with Crippen LogP contribution in [0.1, 0.15) is 13.3 Å². The van der Waals surface area contributed by atoms with Gasteiger partial charge in [0.1, 0.15) is 0 Å². The summed E-state index contributed by atoms with van der Waals surface area (Å²) in [6.07, 6.45) is 6.57. The average molecular weight is 256 g/mol. The molecule has 1 atom stereocenters. The number of aromatic nitrogens is 2. The predicted molar refractivity (Wildman–Crippen MR) is 71.9 cm³/mol. The zero-order valence-corrected chi connectivity index (χ0v) is 11.2. The Morgan fingerprint density at radius 3 is 3.06 bits per heavy atom. The monoisotopic (exact) mass is 256 g/mol. The van der Waals surface area contributed by atoms with E-state index in [-0.39, 0.29) is 6.04 Å². The van der Waals surface area contributed by atoms with E-state index in [1.165, 1.54) is 0 Å². The van der Waals surface area contributed by atoms with E-state index >= 15 is 0 Å². The van der Waals surface area contributed by atoms with E-state index in [2.05, 4.69) is 15.6 Å². The number of imidazole rings is 1. The Labute approximate surface area is 108 Å². The lowest BCUT2D eigenvalue weighted by Gasteiger charge is -2.16. The van der Waals surface area contributed by atoms with Crippen molar-refractivity contribution in [2.75, 3.05) is 20.3 Å². The van der Waals surface area contributed by atoms with Crippen molar-refractivity contribution >= 4 is 17.3 Å². The van der Waals surface area contributed by atoms with Crippen LogP contribution in [0.2, 0.25) is 0 Å². The molecule has 6 heteroatoms. The topological polar surface area (TPSA) is 51.1 Å². The minimum atomic E-state index is 0.230. The van der Waals surface area contributed by atoms with Crippen LogP contribution in [0.4, 0.5) is 0 Å². The molecule has 5 nitrogen and oxygen atoms in total. The molecule has 0 amide bonds. The fourth-order valence-corrected chi connectivity index (χ4v) is 1.75. The minimum Gasteiger partial charge on any atom is -0.383 e. The third-order valence-corrected chi connectivity index (χ3v) is 2.49. The number of methoxy groups -OCH3 is 1. The Kier molecular flexibility index (Phi) is 6.57. The standard InChI is InChI=1S/C11H20N4OS/c1-10(8-16-2)14-11(17)13-4-3-6-15-7-5-12-9-15/h5,7,9-10H,3-4,6,8H2,1-2H3,(H2,13,14,17)/t10-/m0/s1. The van der Waals surface area contributed by atoms with Crippen LogP contribution in [-0.2, 0) is 11.3 Å². The number of nitrogens with one attached hydrogen (secondary N) is 2. The van der Waals surface area contributed by atoms with Gasteiger partial charge in [-0.15, -0.1) is 0 Å². The highest BCUT2D eigenvalue weighted by Gasteiger charge is 2.02. The number of thiocarbonyl (C=S) groups is 1. The van der Waals surface area contributed by atoms with Gasteiger partial charge in [-0.2, -0.15) is 0 Å². The molecule has 2 N–H and O–H groups in total. The van der Waals surface area contributed by atoms with E-state index in [0.29, 0.717) is 11.7 Å². The van der Waals surface area contributed by atoms with E-state index in [0.717, 1.165) is 19.5 Å². The van der Waals surface area contributed by atoms with Crippen molar-refractivity contribution in [3.05, 3.63) is 18.7 Å². The molecule has 0 aliphatic carbocycles. The molecule has 1 aromatic heterocycles. The third kappa shape index (κ3) is 6.23. The maximum atomic E-state index is 5.16. The number of hydrogen-bond donors (Lipinski definition) is 2. The molecule has 0 radical (unpaired) electrons. The maximum absolute atomic E-state index is 5.16. The number of rotatable bonds is 7. The van der Waals surface area contributed by atoms with Gasteiger partial charge in [-0.25, -0.2) is 4.98 Å². The highest BCUT2D eigenvalue weighted by Crippen LogP contribution is 1.89. The van der Waals surface area contributed by atoms with Crippen LogP contribution in [0.15, 0.2) is 18.7 Å². The number of ether oxygens (including phenoxy) is 1. The summed E-state index contributed by atoms with van der Waals surface area (Å²) in [6.45, 7) is 4.48. The molecule has 0 unspecified atom stereocenters. The Bertz CT molecular complexity index is 315. The molecule has 1 aromatic rings. The van der Waals surface area contributed by atoms with Crippen molar-refractivity contribution in [3.63, 3.8) is 0 Å². The number of aryl methyl sites for hydroxylation is 1. The van der Waals surface area contributed by atoms with Crippen molar-refractivity contribution in [2.24, 2.45) is 0 Å². The van der Waals surface area contributed by atoms with Gasteiger partial charge in [-0.3, -0.25) is 0 Å². The van der Waals surface area contributed by atoms with Crippen LogP contribution < -0.4 is 10.6 Å². The summed E-state index contributed by atoms with van der Waals surface area (Å²) < 4.78 is 7.07. The summed E-state index contributed by atoms with van der Waals surface area (Å²) in [6, 6.07) is 0.230. The molecule has 0 spiro atoms. The van der Waals surface area contributed by atoms with Crippen molar-refractivity contribution in [2.45, 2.75) is 25.9 Å². The molecule has 1 rings (SSSR count). The van der Waals surface area contributed by atoms with Crippen LogP contribution >= 0.6 is 12.2 Å². The van der Waals surface area contributed by atoms with E-state index < -0.39 is 0 Å². The van der Waals surface area contributed by atoms with E-state index in [1.807, 2.05) is 24.0 Å². The molecule has 96 valence electrons. The summed E-state index contributed by atoms with van der Waals surface area (Å²) in [4.78, 5) is 3.99. The molecule has 0 aliphatic rings. The van der Waals surface area contributed by atoms with Gasteiger partial charge in [0, 0.05) is 38.6 Å². The van der Waals surface area contributed by atoms with Crippen molar-refractivity contribution < 1.29 is 4.74 Å². The lowest BCUT2D eigenvalue weighted by atomic mass is 10.4. The largest absolute Gasteiger partial charge is 0.383 e. The van der Waals surface area contributed by atoms with Crippen LogP contribution in [0.25, 0.3) is 0 Å². The first kappa shape index (κ1) is 13.9. The molecule has 0 aliphatic heterocycles. The van der Waals surface area contributed by atoms with Crippen molar-refractivity contribution in [1.29, 1.82) is 0 Å². The Hall–Kier alpha value is -1.14. The number of nitrogens with zero attached hydrogens (tertiary/aromatic N) is 2. The summed E-state index contributed by atoms with van der Waals surface area (Å²) >= 11 is 5.16. The second kappa shape index (κ2) is 8.03. The average Bonchev–Trinajstić information content (AvgIpc) is 2.77.